The summed E-state index contributed by atoms with van der Waals surface area (Å²) in [6.07, 6.45) is 6.18. The molecule has 8 nitrogen and oxygen atoms in total. The predicted molar refractivity (Wildman–Crippen MR) is 118 cm³/mol. The van der Waals surface area contributed by atoms with Crippen molar-refractivity contribution in [3.63, 3.8) is 0 Å². The predicted octanol–water partition coefficient (Wildman–Crippen LogP) is 3.51. The molecule has 8 heteroatoms. The van der Waals surface area contributed by atoms with Crippen molar-refractivity contribution in [1.82, 2.24) is 24.9 Å². The first-order valence-electron chi connectivity index (χ1n) is 10.1. The van der Waals surface area contributed by atoms with Gasteiger partial charge in [0.2, 0.25) is 0 Å². The largest absolute Gasteiger partial charge is 0.492 e. The van der Waals surface area contributed by atoms with Gasteiger partial charge in [-0.25, -0.2) is 9.48 Å². The fourth-order valence-corrected chi connectivity index (χ4v) is 3.05. The second kappa shape index (κ2) is 10.1. The summed E-state index contributed by atoms with van der Waals surface area (Å²) in [6.45, 7) is 1.63. The van der Waals surface area contributed by atoms with Gasteiger partial charge in [-0.15, -0.1) is 0 Å². The quantitative estimate of drug-likeness (QED) is 0.437. The van der Waals surface area contributed by atoms with Crippen LogP contribution in [-0.4, -0.2) is 38.7 Å². The highest BCUT2D eigenvalue weighted by Gasteiger charge is 2.05. The molecule has 2 aromatic carbocycles. The Bertz CT molecular complexity index is 1090. The summed E-state index contributed by atoms with van der Waals surface area (Å²) in [7, 11) is 0. The van der Waals surface area contributed by atoms with Crippen molar-refractivity contribution in [1.29, 1.82) is 0 Å². The van der Waals surface area contributed by atoms with Crippen LogP contribution in [0, 0.1) is 0 Å². The maximum Gasteiger partial charge on any atom is 0.319 e. The number of nitrogens with zero attached hydrogens (tertiary/aromatic N) is 4. The van der Waals surface area contributed by atoms with Gasteiger partial charge in [-0.2, -0.15) is 10.2 Å². The van der Waals surface area contributed by atoms with Gasteiger partial charge in [0, 0.05) is 43.3 Å². The van der Waals surface area contributed by atoms with Gasteiger partial charge in [0.25, 0.3) is 0 Å². The molecule has 0 spiro atoms. The Labute approximate surface area is 180 Å². The van der Waals surface area contributed by atoms with Crippen molar-refractivity contribution in [2.75, 3.05) is 18.5 Å². The number of para-hydroxylation sites is 1. The summed E-state index contributed by atoms with van der Waals surface area (Å²) < 4.78 is 9.37. The number of benzene rings is 2. The lowest BCUT2D eigenvalue weighted by Crippen LogP contribution is -2.30. The fraction of sp³-hybridized carbons (Fsp3) is 0.174. The minimum Gasteiger partial charge on any atom is -0.492 e. The van der Waals surface area contributed by atoms with Crippen LogP contribution in [0.4, 0.5) is 10.5 Å². The molecular formula is C23H24N6O2. The average Bonchev–Trinajstić information content (AvgIpc) is 3.47. The molecular weight excluding hydrogens is 392 g/mol. The van der Waals surface area contributed by atoms with E-state index in [4.69, 9.17) is 4.74 Å². The molecule has 0 bridgehead atoms. The van der Waals surface area contributed by atoms with Crippen molar-refractivity contribution in [2.24, 2.45) is 0 Å². The lowest BCUT2D eigenvalue weighted by atomic mass is 10.3. The summed E-state index contributed by atoms with van der Waals surface area (Å²) in [6, 6.07) is 20.8. The van der Waals surface area contributed by atoms with Gasteiger partial charge in [0.15, 0.2) is 0 Å². The number of hydrogen-bond donors (Lipinski definition) is 2. The van der Waals surface area contributed by atoms with Crippen LogP contribution in [0.1, 0.15) is 5.69 Å². The number of rotatable bonds is 9. The standard InChI is InChI=1S/C23H24N6O2/c30-23(24-13-10-19-11-15-29(27-19)21-7-2-1-3-8-21)26-20-6-4-9-22(18-20)31-17-16-28-14-5-12-25-28/h1-9,11-12,14-15,18H,10,13,16-17H2,(H2,24,26,30). The van der Waals surface area contributed by atoms with Crippen LogP contribution < -0.4 is 15.4 Å². The van der Waals surface area contributed by atoms with Gasteiger partial charge in [-0.05, 0) is 36.4 Å². The zero-order valence-corrected chi connectivity index (χ0v) is 17.0. The Morgan fingerprint density at radius 1 is 1.00 bits per heavy atom. The maximum absolute atomic E-state index is 12.2. The smallest absolute Gasteiger partial charge is 0.319 e. The number of hydrogen-bond acceptors (Lipinski definition) is 4. The monoisotopic (exact) mass is 416 g/mol. The Hall–Kier alpha value is -4.07. The zero-order valence-electron chi connectivity index (χ0n) is 17.0. The first-order chi connectivity index (χ1) is 15.3. The van der Waals surface area contributed by atoms with Gasteiger partial charge in [-0.3, -0.25) is 4.68 Å². The van der Waals surface area contributed by atoms with Crippen LogP contribution in [0.2, 0.25) is 0 Å². The Morgan fingerprint density at radius 2 is 1.90 bits per heavy atom. The molecule has 0 unspecified atom stereocenters. The van der Waals surface area contributed by atoms with Gasteiger partial charge in [0.05, 0.1) is 17.9 Å². The summed E-state index contributed by atoms with van der Waals surface area (Å²) in [4.78, 5) is 12.2. The topological polar surface area (TPSA) is 86.0 Å². The van der Waals surface area contributed by atoms with E-state index in [0.717, 1.165) is 11.4 Å². The molecule has 2 N–H and O–H groups in total. The molecule has 0 saturated carbocycles. The third-order valence-electron chi connectivity index (χ3n) is 4.57. The molecule has 0 saturated heterocycles. The van der Waals surface area contributed by atoms with Gasteiger partial charge in [0.1, 0.15) is 12.4 Å². The van der Waals surface area contributed by atoms with Crippen LogP contribution in [0.5, 0.6) is 5.75 Å². The number of carbonyl (C=O) groups excluding carboxylic acids is 1. The van der Waals surface area contributed by atoms with E-state index in [-0.39, 0.29) is 6.03 Å². The molecule has 0 radical (unpaired) electrons. The zero-order chi connectivity index (χ0) is 21.3. The maximum atomic E-state index is 12.2. The number of carbonyl (C=O) groups is 1. The van der Waals surface area contributed by atoms with Crippen LogP contribution in [0.15, 0.2) is 85.3 Å². The highest BCUT2D eigenvalue weighted by atomic mass is 16.5. The molecule has 0 aliphatic carbocycles. The highest BCUT2D eigenvalue weighted by Crippen LogP contribution is 2.17. The van der Waals surface area contributed by atoms with E-state index in [2.05, 4.69) is 20.8 Å². The molecule has 4 aromatic rings. The molecule has 0 aliphatic rings. The number of amides is 2. The first-order valence-corrected chi connectivity index (χ1v) is 10.1. The fourth-order valence-electron chi connectivity index (χ4n) is 3.05. The van der Waals surface area contributed by atoms with E-state index in [9.17, 15) is 4.79 Å². The number of urea groups is 1. The molecule has 0 aliphatic heterocycles. The van der Waals surface area contributed by atoms with E-state index < -0.39 is 0 Å². The van der Waals surface area contributed by atoms with Crippen LogP contribution in [0.3, 0.4) is 0 Å². The summed E-state index contributed by atoms with van der Waals surface area (Å²) in [5.74, 6) is 0.691. The van der Waals surface area contributed by atoms with Crippen molar-refractivity contribution >= 4 is 11.7 Å². The number of anilines is 1. The van der Waals surface area contributed by atoms with Gasteiger partial charge >= 0.3 is 6.03 Å². The summed E-state index contributed by atoms with van der Waals surface area (Å²) in [5.41, 5.74) is 2.59. The minimum absolute atomic E-state index is 0.267. The van der Waals surface area contributed by atoms with Crippen molar-refractivity contribution in [3.8, 4) is 11.4 Å². The number of aromatic nitrogens is 4. The molecule has 2 aromatic heterocycles. The molecule has 2 heterocycles. The van der Waals surface area contributed by atoms with Crippen molar-refractivity contribution in [3.05, 3.63) is 91.0 Å². The van der Waals surface area contributed by atoms with E-state index in [1.54, 1.807) is 16.9 Å². The third kappa shape index (κ3) is 5.96. The molecule has 0 fully saturated rings. The summed E-state index contributed by atoms with van der Waals surface area (Å²) >= 11 is 0. The van der Waals surface area contributed by atoms with Crippen LogP contribution >= 0.6 is 0 Å². The molecule has 2 amide bonds. The molecule has 31 heavy (non-hydrogen) atoms. The molecule has 4 rings (SSSR count). The minimum atomic E-state index is -0.267. The van der Waals surface area contributed by atoms with E-state index >= 15 is 0 Å². The average molecular weight is 416 g/mol. The van der Waals surface area contributed by atoms with Crippen molar-refractivity contribution in [2.45, 2.75) is 13.0 Å². The number of nitrogens with one attached hydrogen (secondary N) is 2. The van der Waals surface area contributed by atoms with Gasteiger partial charge < -0.3 is 15.4 Å². The molecule has 158 valence electrons. The lowest BCUT2D eigenvalue weighted by Gasteiger charge is -2.10. The Balaban J connectivity index is 1.20. The SMILES string of the molecule is O=C(NCCc1ccn(-c2ccccc2)n1)Nc1cccc(OCCn2cccn2)c1. The van der Waals surface area contributed by atoms with E-state index in [1.807, 2.05) is 77.7 Å². The lowest BCUT2D eigenvalue weighted by molar-refractivity contribution is 0.252. The van der Waals surface area contributed by atoms with E-state index in [0.29, 0.717) is 37.6 Å². The van der Waals surface area contributed by atoms with Crippen LogP contribution in [-0.2, 0) is 13.0 Å². The molecule has 0 atom stereocenters. The van der Waals surface area contributed by atoms with Gasteiger partial charge in [-0.1, -0.05) is 24.3 Å². The normalized spacial score (nSPS) is 10.6. The van der Waals surface area contributed by atoms with E-state index in [1.165, 1.54) is 0 Å². The second-order valence-electron chi connectivity index (χ2n) is 6.86. The summed E-state index contributed by atoms with van der Waals surface area (Å²) in [5, 5.41) is 14.4. The highest BCUT2D eigenvalue weighted by molar-refractivity contribution is 5.89. The third-order valence-corrected chi connectivity index (χ3v) is 4.57. The Kier molecular flexibility index (Phi) is 6.59. The van der Waals surface area contributed by atoms with Crippen molar-refractivity contribution < 1.29 is 9.53 Å². The first kappa shape index (κ1) is 20.2. The number of ether oxygens (including phenoxy) is 1. The van der Waals surface area contributed by atoms with Crippen LogP contribution in [0.25, 0.3) is 5.69 Å². The Morgan fingerprint density at radius 3 is 2.74 bits per heavy atom. The second-order valence-corrected chi connectivity index (χ2v) is 6.86.